The molecule has 0 amide bonds. The molecule has 0 aliphatic heterocycles. The van der Waals surface area contributed by atoms with Crippen LogP contribution in [0.1, 0.15) is 65.1 Å². The first kappa shape index (κ1) is 21.2. The van der Waals surface area contributed by atoms with E-state index in [4.69, 9.17) is 16.0 Å². The number of halogens is 1. The molecule has 2 aliphatic rings. The van der Waals surface area contributed by atoms with E-state index in [1.807, 2.05) is 6.92 Å². The van der Waals surface area contributed by atoms with Gasteiger partial charge in [-0.05, 0) is 55.1 Å². The van der Waals surface area contributed by atoms with Gasteiger partial charge in [-0.3, -0.25) is 0 Å². The van der Waals surface area contributed by atoms with Crippen LogP contribution in [0.2, 0.25) is 23.2 Å². The summed E-state index contributed by atoms with van der Waals surface area (Å²) in [6.07, 6.45) is 4.21. The van der Waals surface area contributed by atoms with E-state index >= 15 is 0 Å². The quantitative estimate of drug-likeness (QED) is 0.545. The standard InChI is InChI=1S/C21H36ClN3OSi/c1-7-27(8-2,9-3)26-19(20-18(22)12-23-14(4)25-20)13-24-15-10-16-17(11-15)21(16,5)6/h12,15-17,19,24H,7-11,13H2,1-6H3/t15-,16+,17-,19?. The van der Waals surface area contributed by atoms with E-state index in [1.54, 1.807) is 6.20 Å². The molecule has 6 heteroatoms. The summed E-state index contributed by atoms with van der Waals surface area (Å²) in [5, 5.41) is 4.42. The summed E-state index contributed by atoms with van der Waals surface area (Å²) in [5.41, 5.74) is 1.42. The second-order valence-electron chi connectivity index (χ2n) is 9.11. The van der Waals surface area contributed by atoms with Crippen molar-refractivity contribution in [3.8, 4) is 0 Å². The van der Waals surface area contributed by atoms with Gasteiger partial charge in [0.2, 0.25) is 0 Å². The van der Waals surface area contributed by atoms with Crippen LogP contribution in [0, 0.1) is 24.2 Å². The van der Waals surface area contributed by atoms with Gasteiger partial charge >= 0.3 is 0 Å². The summed E-state index contributed by atoms with van der Waals surface area (Å²) in [4.78, 5) is 8.91. The molecule has 0 radical (unpaired) electrons. The van der Waals surface area contributed by atoms with Crippen molar-refractivity contribution in [2.75, 3.05) is 6.54 Å². The van der Waals surface area contributed by atoms with Gasteiger partial charge in [0, 0.05) is 18.8 Å². The predicted molar refractivity (Wildman–Crippen MR) is 115 cm³/mol. The van der Waals surface area contributed by atoms with Crippen molar-refractivity contribution in [3.63, 3.8) is 0 Å². The van der Waals surface area contributed by atoms with Crippen molar-refractivity contribution in [3.05, 3.63) is 22.7 Å². The summed E-state index contributed by atoms with van der Waals surface area (Å²) in [6.45, 7) is 14.3. The Morgan fingerprint density at radius 1 is 1.22 bits per heavy atom. The van der Waals surface area contributed by atoms with Gasteiger partial charge in [-0.15, -0.1) is 0 Å². The fraction of sp³-hybridized carbons (Fsp3) is 0.810. The van der Waals surface area contributed by atoms with Gasteiger partial charge in [-0.25, -0.2) is 9.97 Å². The number of hydrogen-bond donors (Lipinski definition) is 1. The fourth-order valence-corrected chi connectivity index (χ4v) is 8.15. The highest BCUT2D eigenvalue weighted by Gasteiger charge is 2.61. The van der Waals surface area contributed by atoms with Crippen LogP contribution in [-0.2, 0) is 4.43 Å². The van der Waals surface area contributed by atoms with Crippen LogP contribution in [0.25, 0.3) is 0 Å². The lowest BCUT2D eigenvalue weighted by Crippen LogP contribution is -2.42. The van der Waals surface area contributed by atoms with E-state index in [9.17, 15) is 0 Å². The minimum absolute atomic E-state index is 0.0874. The van der Waals surface area contributed by atoms with Crippen molar-refractivity contribution in [2.45, 2.75) is 84.7 Å². The van der Waals surface area contributed by atoms with Crippen molar-refractivity contribution >= 4 is 19.9 Å². The Hall–Kier alpha value is -0.493. The fourth-order valence-electron chi connectivity index (χ4n) is 5.14. The first-order valence-electron chi connectivity index (χ1n) is 10.7. The number of rotatable bonds is 9. The molecule has 0 aromatic carbocycles. The van der Waals surface area contributed by atoms with E-state index in [1.165, 1.54) is 12.8 Å². The molecule has 3 rings (SSSR count). The molecule has 1 N–H and O–H groups in total. The lowest BCUT2D eigenvalue weighted by atomic mass is 9.98. The maximum atomic E-state index is 6.85. The van der Waals surface area contributed by atoms with E-state index in [2.05, 4.69) is 49.9 Å². The molecule has 1 heterocycles. The molecule has 4 nitrogen and oxygen atoms in total. The summed E-state index contributed by atoms with van der Waals surface area (Å²) in [6, 6.07) is 3.97. The van der Waals surface area contributed by atoms with Crippen LogP contribution in [-0.4, -0.2) is 30.9 Å². The molecule has 0 bridgehead atoms. The molecule has 2 aliphatic carbocycles. The molecule has 4 atom stereocenters. The van der Waals surface area contributed by atoms with E-state index in [-0.39, 0.29) is 6.10 Å². The van der Waals surface area contributed by atoms with Gasteiger partial charge in [-0.1, -0.05) is 46.2 Å². The molecule has 27 heavy (non-hydrogen) atoms. The average molecular weight is 410 g/mol. The molecule has 0 saturated heterocycles. The molecular weight excluding hydrogens is 374 g/mol. The number of aromatic nitrogens is 2. The summed E-state index contributed by atoms with van der Waals surface area (Å²) >= 11 is 6.50. The SMILES string of the molecule is CC[Si](CC)(CC)OC(CN[C@H]1C[C@@H]2[C@H](C1)C2(C)C)c1nc(C)ncc1Cl. The second kappa shape index (κ2) is 8.09. The Morgan fingerprint density at radius 3 is 2.37 bits per heavy atom. The minimum atomic E-state index is -1.77. The van der Waals surface area contributed by atoms with Gasteiger partial charge in [0.05, 0.1) is 10.7 Å². The van der Waals surface area contributed by atoms with Crippen molar-refractivity contribution in [2.24, 2.45) is 17.3 Å². The highest BCUT2D eigenvalue weighted by Crippen LogP contribution is 2.66. The van der Waals surface area contributed by atoms with Crippen LogP contribution in [0.3, 0.4) is 0 Å². The molecule has 2 fully saturated rings. The molecule has 1 unspecified atom stereocenters. The van der Waals surface area contributed by atoms with Crippen LogP contribution in [0.15, 0.2) is 6.20 Å². The Kier molecular flexibility index (Phi) is 6.36. The van der Waals surface area contributed by atoms with Crippen LogP contribution in [0.4, 0.5) is 0 Å². The van der Waals surface area contributed by atoms with Gasteiger partial charge in [0.1, 0.15) is 11.9 Å². The van der Waals surface area contributed by atoms with E-state index in [0.29, 0.717) is 16.5 Å². The second-order valence-corrected chi connectivity index (χ2v) is 14.2. The van der Waals surface area contributed by atoms with Crippen molar-refractivity contribution < 1.29 is 4.43 Å². The number of hydrogen-bond acceptors (Lipinski definition) is 4. The molecule has 1 aromatic heterocycles. The largest absolute Gasteiger partial charge is 0.407 e. The van der Waals surface area contributed by atoms with Gasteiger partial charge in [-0.2, -0.15) is 0 Å². The maximum absolute atomic E-state index is 6.85. The Balaban J connectivity index is 1.73. The third-order valence-electron chi connectivity index (χ3n) is 7.48. The predicted octanol–water partition coefficient (Wildman–Crippen LogP) is 5.53. The molecule has 1 aromatic rings. The first-order valence-corrected chi connectivity index (χ1v) is 13.6. The number of nitrogens with zero attached hydrogens (tertiary/aromatic N) is 2. The average Bonchev–Trinajstić information content (AvgIpc) is 3.01. The third kappa shape index (κ3) is 4.26. The molecule has 152 valence electrons. The zero-order valence-corrected chi connectivity index (χ0v) is 19.6. The van der Waals surface area contributed by atoms with Crippen LogP contribution < -0.4 is 5.32 Å². The number of aryl methyl sites for hydroxylation is 1. The smallest absolute Gasteiger partial charge is 0.193 e. The minimum Gasteiger partial charge on any atom is -0.407 e. The molecular formula is C21H36ClN3OSi. The van der Waals surface area contributed by atoms with E-state index < -0.39 is 8.32 Å². The van der Waals surface area contributed by atoms with E-state index in [0.717, 1.165) is 48.0 Å². The number of fused-ring (bicyclic) bond motifs is 1. The first-order chi connectivity index (χ1) is 12.8. The van der Waals surface area contributed by atoms with Crippen molar-refractivity contribution in [1.82, 2.24) is 15.3 Å². The normalized spacial score (nSPS) is 27.4. The zero-order valence-electron chi connectivity index (χ0n) is 17.8. The highest BCUT2D eigenvalue weighted by atomic mass is 35.5. The van der Waals surface area contributed by atoms with Crippen LogP contribution >= 0.6 is 11.6 Å². The van der Waals surface area contributed by atoms with Gasteiger partial charge in [0.15, 0.2) is 8.32 Å². The maximum Gasteiger partial charge on any atom is 0.193 e. The molecule has 0 spiro atoms. The summed E-state index contributed by atoms with van der Waals surface area (Å²) in [7, 11) is -1.77. The lowest BCUT2D eigenvalue weighted by Gasteiger charge is -2.34. The Bertz CT molecular complexity index is 643. The topological polar surface area (TPSA) is 47.0 Å². The zero-order chi connectivity index (χ0) is 19.8. The number of nitrogens with one attached hydrogen (secondary N) is 1. The van der Waals surface area contributed by atoms with Crippen LogP contribution in [0.5, 0.6) is 0 Å². The summed E-state index contributed by atoms with van der Waals surface area (Å²) in [5.74, 6) is 2.55. The summed E-state index contributed by atoms with van der Waals surface area (Å²) < 4.78 is 6.85. The lowest BCUT2D eigenvalue weighted by molar-refractivity contribution is 0.174. The highest BCUT2D eigenvalue weighted by molar-refractivity contribution is 6.73. The third-order valence-corrected chi connectivity index (χ3v) is 12.4. The molecule has 2 saturated carbocycles. The van der Waals surface area contributed by atoms with Gasteiger partial charge in [0.25, 0.3) is 0 Å². The monoisotopic (exact) mass is 409 g/mol. The van der Waals surface area contributed by atoms with Gasteiger partial charge < -0.3 is 9.74 Å². The Labute approximate surface area is 171 Å². The van der Waals surface area contributed by atoms with Crippen molar-refractivity contribution in [1.29, 1.82) is 0 Å². The Morgan fingerprint density at radius 2 is 1.81 bits per heavy atom.